The van der Waals surface area contributed by atoms with Crippen molar-refractivity contribution >= 4 is 87.5 Å². The molecule has 5 rings (SSSR count). The Kier molecular flexibility index (Phi) is 39.1. The number of hydrogen-bond donors (Lipinski definition) is 3. The van der Waals surface area contributed by atoms with Gasteiger partial charge in [0.1, 0.15) is 0 Å². The van der Waals surface area contributed by atoms with Crippen LogP contribution in [0.2, 0.25) is 0 Å². The van der Waals surface area contributed by atoms with Gasteiger partial charge in [-0.3, -0.25) is 4.79 Å². The lowest BCUT2D eigenvalue weighted by Crippen LogP contribution is -2.16. The molecule has 4 N–H and O–H groups in total. The number of alkyl halides is 1. The summed E-state index contributed by atoms with van der Waals surface area (Å²) in [6.07, 6.45) is 0.0410. The molecule has 5 aromatic rings. The van der Waals surface area contributed by atoms with E-state index in [1.54, 1.807) is 93.5 Å². The van der Waals surface area contributed by atoms with Crippen LogP contribution in [-0.4, -0.2) is 148 Å². The Morgan fingerprint density at radius 2 is 0.532 bits per heavy atom. The molecule has 0 aliphatic rings. The van der Waals surface area contributed by atoms with E-state index >= 15 is 0 Å². The highest BCUT2D eigenvalue weighted by Gasteiger charge is 2.21. The molecule has 27 heteroatoms. The number of carbonyl (C=O) groups excluding carboxylic acids is 11. The highest BCUT2D eigenvalue weighted by Crippen LogP contribution is 2.19. The second-order valence-corrected chi connectivity index (χ2v) is 18.8. The molecule has 0 fully saturated rings. The monoisotopic (exact) mass is 1370 g/mol. The van der Waals surface area contributed by atoms with Crippen LogP contribution in [0, 0.1) is 11.3 Å². The molecule has 506 valence electrons. The van der Waals surface area contributed by atoms with Crippen LogP contribution in [0.1, 0.15) is 205 Å². The third-order valence-corrected chi connectivity index (χ3v) is 11.9. The van der Waals surface area contributed by atoms with Gasteiger partial charge in [0.2, 0.25) is 5.91 Å². The van der Waals surface area contributed by atoms with Gasteiger partial charge >= 0.3 is 65.7 Å². The van der Waals surface area contributed by atoms with Gasteiger partial charge in [0, 0.05) is 5.33 Å². The molecule has 0 saturated carbocycles. The highest BCUT2D eigenvalue weighted by atomic mass is 79.9. The number of carbonyl (C=O) groups is 12. The standard InChI is InChI=1S/C14H17NO5.C14H15NO4.C13H15BrO4.C13H14O6.C13H16O5/c1-3-19-13(17)10-5-9(7-12(15)16)6-11(8-10)14(18)20-4-2;1-3-18-13(16)11-7-10(5-6-15)8-12(9-11)14(17)19-4-2;1-3-17-12(15)10-5-9(8-14)6-11(7-10)13(16)18-4-2;1-3-18-12(16)9-5-8(11(14)15)6-10(7-9)13(17)19-4-2;1-3-17-12(15)10-5-9(8-14)6-11(7-10)13(16)18-4-2/h5-6,8H,3-4,7H2,1-2H3,(H2,15,16);7-9H,3-5H2,1-2H3;5-7H,3-4,8H2,1-2H3;5-7H,3-4H2,1-2H3,(H,14,15);5-7,14H,3-4,8H2,1-2H3. The number of aliphatic hydroxyl groups is 1. The number of nitrogens with zero attached hydrogens (tertiary/aromatic N) is 1. The van der Waals surface area contributed by atoms with Gasteiger partial charge in [-0.2, -0.15) is 5.26 Å². The Morgan fingerprint density at radius 1 is 0.340 bits per heavy atom. The Hall–Kier alpha value is -10.3. The van der Waals surface area contributed by atoms with Crippen LogP contribution in [0.5, 0.6) is 0 Å². The van der Waals surface area contributed by atoms with E-state index in [1.807, 2.05) is 6.07 Å². The summed E-state index contributed by atoms with van der Waals surface area (Å²) in [6.45, 7) is 18.9. The Morgan fingerprint density at radius 3 is 0.713 bits per heavy atom. The molecule has 5 aromatic carbocycles. The van der Waals surface area contributed by atoms with Crippen molar-refractivity contribution in [3.63, 3.8) is 0 Å². The molecule has 0 bridgehead atoms. The second kappa shape index (κ2) is 45.0. The zero-order valence-corrected chi connectivity index (χ0v) is 55.4. The SMILES string of the molecule is CCOC(=O)c1cc(C(=O)O)cc(C(=O)OCC)c1.CCOC(=O)c1cc(CBr)cc(C(=O)OCC)c1.CCOC(=O)c1cc(CC#N)cc(C(=O)OCC)c1.CCOC(=O)c1cc(CC(N)=O)cc(C(=O)OCC)c1.CCOC(=O)c1cc(CO)cc(C(=O)OCC)c1. The van der Waals surface area contributed by atoms with Crippen LogP contribution >= 0.6 is 15.9 Å². The minimum Gasteiger partial charge on any atom is -0.478 e. The molecule has 0 aromatic heterocycles. The van der Waals surface area contributed by atoms with Gasteiger partial charge in [0.15, 0.2) is 0 Å². The van der Waals surface area contributed by atoms with E-state index in [-0.39, 0.29) is 122 Å². The number of carboxylic acids is 1. The van der Waals surface area contributed by atoms with Crippen LogP contribution in [0.4, 0.5) is 0 Å². The van der Waals surface area contributed by atoms with Gasteiger partial charge in [0.05, 0.1) is 153 Å². The summed E-state index contributed by atoms with van der Waals surface area (Å²) in [5.41, 5.74) is 9.33. The maximum Gasteiger partial charge on any atom is 0.338 e. The number of aromatic carboxylic acids is 1. The number of halogens is 1. The molecule has 0 heterocycles. The third kappa shape index (κ3) is 29.3. The molecule has 0 aliphatic carbocycles. The predicted octanol–water partition coefficient (Wildman–Crippen LogP) is 9.38. The molecule has 0 unspecified atom stereocenters. The molecular formula is C67H77BrN2O24. The van der Waals surface area contributed by atoms with Gasteiger partial charge in [-0.15, -0.1) is 0 Å². The van der Waals surface area contributed by atoms with Crippen molar-refractivity contribution in [3.8, 4) is 6.07 Å². The fraction of sp³-hybridized carbons (Fsp3) is 0.358. The first-order chi connectivity index (χ1) is 44.8. The Balaban J connectivity index is 0.000000588. The van der Waals surface area contributed by atoms with Gasteiger partial charge in [-0.05, 0) is 182 Å². The average molecular weight is 1370 g/mol. The van der Waals surface area contributed by atoms with Crippen molar-refractivity contribution in [3.05, 3.63) is 174 Å². The van der Waals surface area contributed by atoms with Crippen LogP contribution in [0.25, 0.3) is 0 Å². The first-order valence-electron chi connectivity index (χ1n) is 29.3. The maximum atomic E-state index is 11.7. The molecule has 0 aliphatic heterocycles. The minimum atomic E-state index is -1.24. The van der Waals surface area contributed by atoms with Crippen LogP contribution in [-0.2, 0) is 76.9 Å². The Bertz CT molecular complexity index is 3220. The van der Waals surface area contributed by atoms with E-state index in [9.17, 15) is 57.5 Å². The first kappa shape index (κ1) is 81.7. The van der Waals surface area contributed by atoms with Crippen molar-refractivity contribution in [1.82, 2.24) is 0 Å². The summed E-state index contributed by atoms with van der Waals surface area (Å²) in [4.78, 5) is 138. The molecule has 0 atom stereocenters. The number of nitrogens with two attached hydrogens (primary N) is 1. The third-order valence-electron chi connectivity index (χ3n) is 11.3. The van der Waals surface area contributed by atoms with E-state index < -0.39 is 71.6 Å². The van der Waals surface area contributed by atoms with Gasteiger partial charge in [-0.1, -0.05) is 15.9 Å². The molecule has 1 amide bonds. The van der Waals surface area contributed by atoms with Crippen molar-refractivity contribution in [2.75, 3.05) is 66.1 Å². The quantitative estimate of drug-likeness (QED) is 0.0263. The normalized spacial score (nSPS) is 9.82. The lowest BCUT2D eigenvalue weighted by molar-refractivity contribution is -0.117. The zero-order chi connectivity index (χ0) is 70.9. The summed E-state index contributed by atoms with van der Waals surface area (Å²) >= 11 is 3.30. The zero-order valence-electron chi connectivity index (χ0n) is 53.8. The van der Waals surface area contributed by atoms with Crippen molar-refractivity contribution in [1.29, 1.82) is 5.26 Å². The lowest BCUT2D eigenvalue weighted by Gasteiger charge is -2.08. The van der Waals surface area contributed by atoms with Gasteiger partial charge < -0.3 is 63.3 Å². The molecule has 0 radical (unpaired) electrons. The number of aliphatic hydroxyl groups excluding tert-OH is 1. The molecule has 0 spiro atoms. The summed E-state index contributed by atoms with van der Waals surface area (Å²) in [5, 5.41) is 27.3. The first-order valence-corrected chi connectivity index (χ1v) is 30.4. The van der Waals surface area contributed by atoms with Crippen LogP contribution in [0.15, 0.2) is 91.0 Å². The smallest absolute Gasteiger partial charge is 0.338 e. The molecule has 0 saturated heterocycles. The highest BCUT2D eigenvalue weighted by molar-refractivity contribution is 9.08. The molecule has 26 nitrogen and oxygen atoms in total. The minimum absolute atomic E-state index is 0.00445. The average Bonchev–Trinajstić information content (AvgIpc) is 1.02. The second-order valence-electron chi connectivity index (χ2n) is 18.3. The number of benzene rings is 5. The largest absolute Gasteiger partial charge is 0.478 e. The number of esters is 10. The van der Waals surface area contributed by atoms with Crippen molar-refractivity contribution in [2.24, 2.45) is 5.73 Å². The van der Waals surface area contributed by atoms with Gasteiger partial charge in [-0.25, -0.2) is 52.7 Å². The van der Waals surface area contributed by atoms with E-state index in [0.29, 0.717) is 46.4 Å². The van der Waals surface area contributed by atoms with E-state index in [4.69, 9.17) is 68.6 Å². The van der Waals surface area contributed by atoms with Crippen molar-refractivity contribution < 1.29 is 115 Å². The fourth-order valence-electron chi connectivity index (χ4n) is 7.51. The molecule has 94 heavy (non-hydrogen) atoms. The maximum absolute atomic E-state index is 11.7. The summed E-state index contributed by atoms with van der Waals surface area (Å²) < 4.78 is 48.6. The van der Waals surface area contributed by atoms with E-state index in [1.165, 1.54) is 54.6 Å². The van der Waals surface area contributed by atoms with Crippen LogP contribution in [0.3, 0.4) is 0 Å². The number of hydrogen-bond acceptors (Lipinski definition) is 24. The predicted molar refractivity (Wildman–Crippen MR) is 340 cm³/mol. The topological polar surface area (TPSA) is 387 Å². The summed E-state index contributed by atoms with van der Waals surface area (Å²) in [6, 6.07) is 23.6. The number of rotatable bonds is 26. The number of ether oxygens (including phenoxy) is 10. The number of carboxylic acid groups (broad SMARTS) is 1. The van der Waals surface area contributed by atoms with E-state index in [0.717, 1.165) is 17.7 Å². The van der Waals surface area contributed by atoms with Gasteiger partial charge in [0.25, 0.3) is 0 Å². The van der Waals surface area contributed by atoms with Crippen molar-refractivity contribution in [2.45, 2.75) is 94.0 Å². The fourth-order valence-corrected chi connectivity index (χ4v) is 7.83. The van der Waals surface area contributed by atoms with E-state index in [2.05, 4.69) is 15.9 Å². The number of nitriles is 1. The Labute approximate surface area is 551 Å². The number of amides is 1. The number of primary amides is 1. The molecular weight excluding hydrogens is 1300 g/mol. The summed E-state index contributed by atoms with van der Waals surface area (Å²) in [7, 11) is 0. The summed E-state index contributed by atoms with van der Waals surface area (Å²) in [5.74, 6) is -7.27. The lowest BCUT2D eigenvalue weighted by atomic mass is 10.0. The van der Waals surface area contributed by atoms with Crippen LogP contribution < -0.4 is 5.73 Å².